The molecule has 1 aromatic rings. The molecular formula is C24H33ClN2O2. The zero-order chi connectivity index (χ0) is 20.4. The quantitative estimate of drug-likeness (QED) is 0.675. The van der Waals surface area contributed by atoms with Gasteiger partial charge in [-0.1, -0.05) is 62.6 Å². The molecule has 158 valence electrons. The third kappa shape index (κ3) is 2.62. The number of benzene rings is 1. The molecule has 0 radical (unpaired) electrons. The first-order chi connectivity index (χ1) is 13.9. The lowest BCUT2D eigenvalue weighted by atomic mass is 9.48. The van der Waals surface area contributed by atoms with Crippen LogP contribution in [0.1, 0.15) is 51.5 Å². The van der Waals surface area contributed by atoms with Crippen LogP contribution in [-0.2, 0) is 10.4 Å². The summed E-state index contributed by atoms with van der Waals surface area (Å²) in [4.78, 5) is 6.17. The summed E-state index contributed by atoms with van der Waals surface area (Å²) in [6.45, 7) is 5.47. The maximum absolute atomic E-state index is 12.4. The van der Waals surface area contributed by atoms with Crippen molar-refractivity contribution in [2.75, 3.05) is 18.7 Å². The van der Waals surface area contributed by atoms with E-state index in [1.807, 2.05) is 25.2 Å². The van der Waals surface area contributed by atoms with Gasteiger partial charge >= 0.3 is 0 Å². The van der Waals surface area contributed by atoms with Crippen molar-refractivity contribution in [3.05, 3.63) is 40.9 Å². The summed E-state index contributed by atoms with van der Waals surface area (Å²) in [6.07, 6.45) is 10.6. The fourth-order valence-corrected chi connectivity index (χ4v) is 7.55. The highest BCUT2D eigenvalue weighted by Gasteiger charge is 2.65. The normalized spacial score (nSPS) is 41.2. The minimum absolute atomic E-state index is 0.0369. The zero-order valence-electron chi connectivity index (χ0n) is 17.7. The number of aliphatic hydroxyl groups is 1. The molecule has 4 aliphatic rings. The van der Waals surface area contributed by atoms with E-state index in [-0.39, 0.29) is 11.3 Å². The van der Waals surface area contributed by atoms with Gasteiger partial charge in [-0.25, -0.2) is 0 Å². The highest BCUT2D eigenvalue weighted by molar-refractivity contribution is 6.33. The monoisotopic (exact) mass is 416 g/mol. The van der Waals surface area contributed by atoms with Gasteiger partial charge in [0.05, 0.1) is 10.7 Å². The van der Waals surface area contributed by atoms with Crippen molar-refractivity contribution in [1.82, 2.24) is 5.32 Å². The van der Waals surface area contributed by atoms with E-state index in [9.17, 15) is 5.11 Å². The van der Waals surface area contributed by atoms with Gasteiger partial charge in [0.2, 0.25) is 0 Å². The Balaban J connectivity index is 1.67. The molecule has 5 rings (SSSR count). The van der Waals surface area contributed by atoms with Crippen LogP contribution in [-0.4, -0.2) is 24.9 Å². The molecule has 4 nitrogen and oxygen atoms in total. The predicted octanol–water partition coefficient (Wildman–Crippen LogP) is 4.86. The minimum atomic E-state index is -1.09. The van der Waals surface area contributed by atoms with Crippen LogP contribution in [0, 0.1) is 29.1 Å². The molecule has 4 unspecified atom stereocenters. The van der Waals surface area contributed by atoms with Crippen LogP contribution in [0.3, 0.4) is 0 Å². The summed E-state index contributed by atoms with van der Waals surface area (Å²) < 4.78 is 0. The topological polar surface area (TPSA) is 44.7 Å². The number of nitrogens with zero attached hydrogens (tertiary/aromatic N) is 1. The van der Waals surface area contributed by atoms with E-state index in [1.54, 1.807) is 5.06 Å². The van der Waals surface area contributed by atoms with Crippen molar-refractivity contribution in [3.63, 3.8) is 0 Å². The number of hydroxylamine groups is 1. The first-order valence-corrected chi connectivity index (χ1v) is 11.6. The molecule has 2 aliphatic carbocycles. The summed E-state index contributed by atoms with van der Waals surface area (Å²) in [5.74, 6) is 1.78. The Morgan fingerprint density at radius 3 is 2.86 bits per heavy atom. The second-order valence-electron chi connectivity index (χ2n) is 9.86. The van der Waals surface area contributed by atoms with Crippen LogP contribution in [0.2, 0.25) is 5.02 Å². The highest BCUT2D eigenvalue weighted by atomic mass is 35.5. The minimum Gasteiger partial charge on any atom is -0.380 e. The van der Waals surface area contributed by atoms with Gasteiger partial charge in [-0.05, 0) is 48.5 Å². The number of allylic oxidation sites excluding steroid dienone is 2. The van der Waals surface area contributed by atoms with Crippen molar-refractivity contribution in [2.45, 2.75) is 57.8 Å². The van der Waals surface area contributed by atoms with Crippen LogP contribution < -0.4 is 10.4 Å². The number of fused-ring (bicyclic) bond motifs is 4. The molecule has 1 saturated heterocycles. The summed E-state index contributed by atoms with van der Waals surface area (Å²) in [7, 11) is 1.87. The first-order valence-electron chi connectivity index (χ1n) is 11.2. The van der Waals surface area contributed by atoms with Gasteiger partial charge in [0.15, 0.2) is 6.23 Å². The smallest absolute Gasteiger partial charge is 0.169 e. The fourth-order valence-electron chi connectivity index (χ4n) is 7.26. The molecule has 2 N–H and O–H groups in total. The molecule has 6 atom stereocenters. The molecule has 2 heterocycles. The van der Waals surface area contributed by atoms with E-state index in [4.69, 9.17) is 16.4 Å². The van der Waals surface area contributed by atoms with Gasteiger partial charge in [0.25, 0.3) is 0 Å². The maximum Gasteiger partial charge on any atom is 0.169 e. The highest BCUT2D eigenvalue weighted by Crippen LogP contribution is 2.63. The third-order valence-corrected chi connectivity index (χ3v) is 8.83. The van der Waals surface area contributed by atoms with E-state index in [1.165, 1.54) is 25.7 Å². The molecule has 29 heavy (non-hydrogen) atoms. The first kappa shape index (κ1) is 19.9. The second kappa shape index (κ2) is 6.98. The largest absolute Gasteiger partial charge is 0.380 e. The molecular weight excluding hydrogens is 384 g/mol. The van der Waals surface area contributed by atoms with Crippen molar-refractivity contribution in [1.29, 1.82) is 0 Å². The molecule has 5 heteroatoms. The summed E-state index contributed by atoms with van der Waals surface area (Å²) in [6, 6.07) is 5.87. The van der Waals surface area contributed by atoms with Crippen LogP contribution >= 0.6 is 11.6 Å². The van der Waals surface area contributed by atoms with Crippen LogP contribution in [0.5, 0.6) is 0 Å². The van der Waals surface area contributed by atoms with E-state index in [0.717, 1.165) is 24.2 Å². The molecule has 0 bridgehead atoms. The number of nitrogens with one attached hydrogen (secondary N) is 1. The summed E-state index contributed by atoms with van der Waals surface area (Å²) in [5, 5.41) is 18.3. The molecule has 0 amide bonds. The Morgan fingerprint density at radius 2 is 2.07 bits per heavy atom. The average Bonchev–Trinajstić information content (AvgIpc) is 3.05. The van der Waals surface area contributed by atoms with Gasteiger partial charge < -0.3 is 5.11 Å². The molecule has 2 aliphatic heterocycles. The van der Waals surface area contributed by atoms with E-state index >= 15 is 0 Å². The number of hydrogen-bond acceptors (Lipinski definition) is 4. The van der Waals surface area contributed by atoms with Crippen molar-refractivity contribution >= 4 is 17.3 Å². The van der Waals surface area contributed by atoms with Crippen molar-refractivity contribution in [3.8, 4) is 0 Å². The lowest BCUT2D eigenvalue weighted by Gasteiger charge is -2.58. The SMILES string of the molecule is CC(C)C1(C2CN[C@@H]3ON(C)c4c(Cl)cccc4[C@]23O)CC=CC2CCCCC21. The number of anilines is 1. The molecule has 1 saturated carbocycles. The Kier molecular flexibility index (Phi) is 4.78. The Bertz CT molecular complexity index is 827. The number of para-hydroxylation sites is 1. The standard InChI is InChI=1S/C24H33ClN2O2/c1-15(2)23(13-7-9-16-8-4-5-10-17(16)23)20-14-26-22-24(20,28)18-11-6-12-19(25)21(18)27(3)29-22/h6-7,9,11-12,15-17,20,22,26,28H,4-5,8,10,13-14H2,1-3H3/t16?,17?,20?,22-,23?,24+/m1/s1. The molecule has 0 spiro atoms. The van der Waals surface area contributed by atoms with E-state index in [2.05, 4.69) is 31.3 Å². The fraction of sp³-hybridized carbons (Fsp3) is 0.667. The van der Waals surface area contributed by atoms with E-state index in [0.29, 0.717) is 22.8 Å². The lowest BCUT2D eigenvalue weighted by Crippen LogP contribution is -2.58. The predicted molar refractivity (Wildman–Crippen MR) is 117 cm³/mol. The Morgan fingerprint density at radius 1 is 1.28 bits per heavy atom. The molecule has 0 aromatic heterocycles. The van der Waals surface area contributed by atoms with E-state index < -0.39 is 11.8 Å². The summed E-state index contributed by atoms with van der Waals surface area (Å²) >= 11 is 6.57. The van der Waals surface area contributed by atoms with Crippen LogP contribution in [0.4, 0.5) is 5.69 Å². The summed E-state index contributed by atoms with van der Waals surface area (Å²) in [5.41, 5.74) is 0.645. The lowest BCUT2D eigenvalue weighted by molar-refractivity contribution is -0.181. The van der Waals surface area contributed by atoms with Gasteiger partial charge in [-0.3, -0.25) is 15.2 Å². The van der Waals surface area contributed by atoms with Crippen LogP contribution in [0.25, 0.3) is 0 Å². The third-order valence-electron chi connectivity index (χ3n) is 8.52. The molecule has 1 aromatic carbocycles. The number of rotatable bonds is 2. The van der Waals surface area contributed by atoms with Crippen molar-refractivity contribution < 1.29 is 9.94 Å². The van der Waals surface area contributed by atoms with Crippen LogP contribution in [0.15, 0.2) is 30.4 Å². The van der Waals surface area contributed by atoms with Crippen molar-refractivity contribution in [2.24, 2.45) is 29.1 Å². The maximum atomic E-state index is 12.4. The molecule has 2 fully saturated rings. The van der Waals surface area contributed by atoms with Gasteiger partial charge in [0, 0.05) is 25.1 Å². The van der Waals surface area contributed by atoms with Gasteiger partial charge in [-0.2, -0.15) is 0 Å². The second-order valence-corrected chi connectivity index (χ2v) is 10.3. The number of halogens is 1. The van der Waals surface area contributed by atoms with Gasteiger partial charge in [0.1, 0.15) is 5.60 Å². The Hall–Kier alpha value is -1.07. The average molecular weight is 417 g/mol. The number of hydrogen-bond donors (Lipinski definition) is 2. The van der Waals surface area contributed by atoms with Gasteiger partial charge in [-0.15, -0.1) is 0 Å². The Labute approximate surface area is 179 Å². The zero-order valence-corrected chi connectivity index (χ0v) is 18.5.